The molecule has 0 amide bonds. The Bertz CT molecular complexity index is 649. The van der Waals surface area contributed by atoms with Gasteiger partial charge in [-0.25, -0.2) is 9.97 Å². The third kappa shape index (κ3) is 2.77. The van der Waals surface area contributed by atoms with Crippen molar-refractivity contribution in [1.82, 2.24) is 9.97 Å². The molecule has 2 aromatic rings. The summed E-state index contributed by atoms with van der Waals surface area (Å²) in [7, 11) is 0. The van der Waals surface area contributed by atoms with Crippen molar-refractivity contribution >= 4 is 11.8 Å². The van der Waals surface area contributed by atoms with Gasteiger partial charge < -0.3 is 0 Å². The van der Waals surface area contributed by atoms with Crippen LogP contribution in [0.3, 0.4) is 0 Å². The average molecular weight is 269 g/mol. The zero-order valence-corrected chi connectivity index (χ0v) is 12.3. The Kier molecular flexibility index (Phi) is 3.87. The molecule has 1 heterocycles. The molecular formula is C15H15N3S. The van der Waals surface area contributed by atoms with Gasteiger partial charge in [0.25, 0.3) is 0 Å². The zero-order valence-electron chi connectivity index (χ0n) is 11.5. The summed E-state index contributed by atoms with van der Waals surface area (Å²) < 4.78 is 0. The molecule has 0 aliphatic carbocycles. The second-order valence-electron chi connectivity index (χ2n) is 4.47. The van der Waals surface area contributed by atoms with Crippen LogP contribution in [0, 0.1) is 39.0 Å². The van der Waals surface area contributed by atoms with Crippen molar-refractivity contribution in [2.45, 2.75) is 37.7 Å². The molecule has 0 bridgehead atoms. The Morgan fingerprint density at radius 2 is 1.68 bits per heavy atom. The van der Waals surface area contributed by atoms with E-state index in [1.165, 1.54) is 11.8 Å². The highest BCUT2D eigenvalue weighted by Gasteiger charge is 2.11. The number of benzene rings is 1. The molecular weight excluding hydrogens is 254 g/mol. The Hall–Kier alpha value is -1.86. The smallest absolute Gasteiger partial charge is 0.192 e. The number of aryl methyl sites for hydroxylation is 3. The molecule has 0 saturated heterocycles. The predicted octanol–water partition coefficient (Wildman–Crippen LogP) is 3.73. The van der Waals surface area contributed by atoms with Gasteiger partial charge >= 0.3 is 0 Å². The van der Waals surface area contributed by atoms with E-state index in [1.807, 2.05) is 45.9 Å². The molecule has 0 aliphatic heterocycles. The Morgan fingerprint density at radius 1 is 1.05 bits per heavy atom. The SMILES string of the molecule is Cc1cccc(C#N)c1Sc1nc(C)c(C)c(C)n1. The highest BCUT2D eigenvalue weighted by molar-refractivity contribution is 7.99. The first-order chi connectivity index (χ1) is 9.02. The van der Waals surface area contributed by atoms with Crippen molar-refractivity contribution in [3.63, 3.8) is 0 Å². The molecule has 0 radical (unpaired) electrons. The van der Waals surface area contributed by atoms with Gasteiger partial charge in [-0.2, -0.15) is 5.26 Å². The van der Waals surface area contributed by atoms with Crippen LogP contribution in [-0.2, 0) is 0 Å². The first-order valence-corrected chi connectivity index (χ1v) is 6.84. The minimum Gasteiger partial charge on any atom is -0.227 e. The Labute approximate surface area is 117 Å². The highest BCUT2D eigenvalue weighted by Crippen LogP contribution is 2.31. The quantitative estimate of drug-likeness (QED) is 0.779. The first-order valence-electron chi connectivity index (χ1n) is 6.02. The normalized spacial score (nSPS) is 10.3. The molecule has 0 N–H and O–H groups in total. The lowest BCUT2D eigenvalue weighted by atomic mass is 10.1. The summed E-state index contributed by atoms with van der Waals surface area (Å²) in [5, 5.41) is 9.87. The molecule has 0 spiro atoms. The topological polar surface area (TPSA) is 49.6 Å². The molecule has 3 nitrogen and oxygen atoms in total. The van der Waals surface area contributed by atoms with E-state index in [1.54, 1.807) is 0 Å². The third-order valence-corrected chi connectivity index (χ3v) is 4.25. The van der Waals surface area contributed by atoms with Crippen LogP contribution in [0.4, 0.5) is 0 Å². The van der Waals surface area contributed by atoms with Crippen LogP contribution < -0.4 is 0 Å². The van der Waals surface area contributed by atoms with E-state index in [2.05, 4.69) is 16.0 Å². The first kappa shape index (κ1) is 13.6. The molecule has 0 atom stereocenters. The number of aromatic nitrogens is 2. The summed E-state index contributed by atoms with van der Waals surface area (Å²) in [5.41, 5.74) is 4.84. The van der Waals surface area contributed by atoms with Crippen LogP contribution in [-0.4, -0.2) is 9.97 Å². The fourth-order valence-electron chi connectivity index (χ4n) is 1.75. The molecule has 0 saturated carbocycles. The van der Waals surface area contributed by atoms with Crippen molar-refractivity contribution in [3.8, 4) is 6.07 Å². The van der Waals surface area contributed by atoms with E-state index in [0.717, 1.165) is 27.4 Å². The molecule has 0 unspecified atom stereocenters. The molecule has 4 heteroatoms. The number of nitrogens with zero attached hydrogens (tertiary/aromatic N) is 3. The number of hydrogen-bond donors (Lipinski definition) is 0. The maximum Gasteiger partial charge on any atom is 0.192 e. The average Bonchev–Trinajstić information content (AvgIpc) is 2.38. The lowest BCUT2D eigenvalue weighted by Gasteiger charge is -2.09. The zero-order chi connectivity index (χ0) is 14.0. The van der Waals surface area contributed by atoms with Crippen LogP contribution in [0.1, 0.15) is 28.1 Å². The summed E-state index contributed by atoms with van der Waals surface area (Å²) in [6, 6.07) is 7.93. The van der Waals surface area contributed by atoms with Crippen molar-refractivity contribution < 1.29 is 0 Å². The van der Waals surface area contributed by atoms with Crippen molar-refractivity contribution in [1.29, 1.82) is 5.26 Å². The molecule has 1 aromatic heterocycles. The van der Waals surface area contributed by atoms with Gasteiger partial charge in [-0.05, 0) is 56.7 Å². The van der Waals surface area contributed by atoms with E-state index in [-0.39, 0.29) is 0 Å². The van der Waals surface area contributed by atoms with Crippen LogP contribution in [0.15, 0.2) is 28.3 Å². The maximum absolute atomic E-state index is 9.17. The molecule has 19 heavy (non-hydrogen) atoms. The van der Waals surface area contributed by atoms with E-state index >= 15 is 0 Å². The molecule has 2 rings (SSSR count). The molecule has 96 valence electrons. The van der Waals surface area contributed by atoms with Crippen molar-refractivity contribution in [2.75, 3.05) is 0 Å². The van der Waals surface area contributed by atoms with E-state index in [0.29, 0.717) is 10.7 Å². The fourth-order valence-corrected chi connectivity index (χ4v) is 2.75. The Morgan fingerprint density at radius 3 is 2.26 bits per heavy atom. The minimum absolute atomic E-state index is 0.671. The molecule has 0 fully saturated rings. The van der Waals surface area contributed by atoms with Crippen LogP contribution in [0.5, 0.6) is 0 Å². The van der Waals surface area contributed by atoms with Gasteiger partial charge in [0.2, 0.25) is 0 Å². The van der Waals surface area contributed by atoms with Crippen molar-refractivity contribution in [3.05, 3.63) is 46.3 Å². The number of nitriles is 1. The number of hydrogen-bond acceptors (Lipinski definition) is 4. The standard InChI is InChI=1S/C15H15N3S/c1-9-6-5-7-13(8-16)14(9)19-15-17-11(3)10(2)12(4)18-15/h5-7H,1-4H3. The van der Waals surface area contributed by atoms with E-state index in [4.69, 9.17) is 0 Å². The second-order valence-corrected chi connectivity index (χ2v) is 5.44. The van der Waals surface area contributed by atoms with Gasteiger partial charge in [-0.1, -0.05) is 12.1 Å². The monoisotopic (exact) mass is 269 g/mol. The minimum atomic E-state index is 0.671. The van der Waals surface area contributed by atoms with E-state index < -0.39 is 0 Å². The molecule has 1 aromatic carbocycles. The van der Waals surface area contributed by atoms with Crippen LogP contribution in [0.25, 0.3) is 0 Å². The largest absolute Gasteiger partial charge is 0.227 e. The third-order valence-electron chi connectivity index (χ3n) is 3.14. The summed E-state index contributed by atoms with van der Waals surface area (Å²) in [4.78, 5) is 9.91. The van der Waals surface area contributed by atoms with Gasteiger partial charge in [-0.15, -0.1) is 0 Å². The maximum atomic E-state index is 9.17. The predicted molar refractivity (Wildman–Crippen MR) is 76.3 cm³/mol. The summed E-state index contributed by atoms with van der Waals surface area (Å²) in [5.74, 6) is 0. The lowest BCUT2D eigenvalue weighted by Crippen LogP contribution is -1.98. The van der Waals surface area contributed by atoms with Crippen LogP contribution in [0.2, 0.25) is 0 Å². The summed E-state index contributed by atoms with van der Waals surface area (Å²) >= 11 is 1.46. The second kappa shape index (κ2) is 5.41. The Balaban J connectivity index is 2.45. The fraction of sp³-hybridized carbons (Fsp3) is 0.267. The number of rotatable bonds is 2. The van der Waals surface area contributed by atoms with Gasteiger partial charge in [-0.3, -0.25) is 0 Å². The van der Waals surface area contributed by atoms with Gasteiger partial charge in [0.05, 0.1) is 5.56 Å². The van der Waals surface area contributed by atoms with E-state index in [9.17, 15) is 5.26 Å². The van der Waals surface area contributed by atoms with Gasteiger partial charge in [0.1, 0.15) is 6.07 Å². The van der Waals surface area contributed by atoms with Gasteiger partial charge in [0.15, 0.2) is 5.16 Å². The summed E-state index contributed by atoms with van der Waals surface area (Å²) in [6.07, 6.45) is 0. The highest BCUT2D eigenvalue weighted by atomic mass is 32.2. The van der Waals surface area contributed by atoms with Gasteiger partial charge in [0, 0.05) is 16.3 Å². The summed E-state index contributed by atoms with van der Waals surface area (Å²) in [6.45, 7) is 7.99. The van der Waals surface area contributed by atoms with Crippen molar-refractivity contribution in [2.24, 2.45) is 0 Å². The molecule has 0 aliphatic rings. The lowest BCUT2D eigenvalue weighted by molar-refractivity contribution is 0.880. The van der Waals surface area contributed by atoms with Crippen LogP contribution >= 0.6 is 11.8 Å².